The third-order valence-corrected chi connectivity index (χ3v) is 3.45. The highest BCUT2D eigenvalue weighted by molar-refractivity contribution is 6.71. The summed E-state index contributed by atoms with van der Waals surface area (Å²) in [4.78, 5) is 13.3. The minimum atomic E-state index is -0.890. The van der Waals surface area contributed by atoms with Gasteiger partial charge in [-0.05, 0) is 36.1 Å². The van der Waals surface area contributed by atoms with E-state index in [1.54, 1.807) is 37.4 Å². The Balaban J connectivity index is 1.93. The quantitative estimate of drug-likeness (QED) is 0.686. The van der Waals surface area contributed by atoms with Crippen LogP contribution >= 0.6 is 0 Å². The van der Waals surface area contributed by atoms with Gasteiger partial charge in [-0.2, -0.15) is 5.10 Å². The summed E-state index contributed by atoms with van der Waals surface area (Å²) in [5, 5.41) is 14.8. The molecule has 6 heteroatoms. The summed E-state index contributed by atoms with van der Waals surface area (Å²) in [6, 6.07) is 14.4. The number of rotatable bonds is 3. The van der Waals surface area contributed by atoms with Gasteiger partial charge in [-0.3, -0.25) is 4.92 Å². The van der Waals surface area contributed by atoms with Crippen molar-refractivity contribution in [2.75, 3.05) is 11.5 Å². The molecule has 110 valence electrons. The molecule has 1 aliphatic rings. The van der Waals surface area contributed by atoms with E-state index in [0.29, 0.717) is 17.9 Å². The number of hydrogen-bond acceptors (Lipinski definition) is 5. The van der Waals surface area contributed by atoms with E-state index in [-0.39, 0.29) is 5.97 Å². The minimum absolute atomic E-state index is 0.320. The van der Waals surface area contributed by atoms with E-state index in [9.17, 15) is 9.82 Å². The molecule has 0 saturated carbocycles. The van der Waals surface area contributed by atoms with E-state index in [0.717, 1.165) is 11.0 Å². The van der Waals surface area contributed by atoms with Crippen LogP contribution in [-0.2, 0) is 4.74 Å². The molecule has 0 aliphatic carbocycles. The maximum absolute atomic E-state index is 11.8. The van der Waals surface area contributed by atoms with Gasteiger partial charge in [-0.25, -0.2) is 4.79 Å². The van der Waals surface area contributed by atoms with E-state index in [1.165, 1.54) is 4.92 Å². The van der Waals surface area contributed by atoms with Crippen LogP contribution in [0.25, 0.3) is 0 Å². The topological polar surface area (TPSA) is 62.1 Å². The van der Waals surface area contributed by atoms with Crippen LogP contribution in [0.3, 0.4) is 0 Å². The number of nitrogens with zero attached hydrogens (tertiary/aromatic N) is 2. The molecule has 1 N–H and O–H groups in total. The van der Waals surface area contributed by atoms with Gasteiger partial charge < -0.3 is 9.76 Å². The SMILES string of the molecule is CCOC(=O)c1cccc(N2N=Cc3ccccc3B2O)c1. The van der Waals surface area contributed by atoms with Crippen LogP contribution in [0.15, 0.2) is 53.6 Å². The van der Waals surface area contributed by atoms with Crippen LogP contribution in [0.5, 0.6) is 0 Å². The maximum Gasteiger partial charge on any atom is 0.471 e. The fourth-order valence-electron chi connectivity index (χ4n) is 2.38. The summed E-state index contributed by atoms with van der Waals surface area (Å²) in [6.07, 6.45) is 1.69. The lowest BCUT2D eigenvalue weighted by Gasteiger charge is -2.26. The largest absolute Gasteiger partial charge is 0.471 e. The monoisotopic (exact) mass is 294 g/mol. The van der Waals surface area contributed by atoms with Gasteiger partial charge in [-0.1, -0.05) is 30.3 Å². The number of fused-ring (bicyclic) bond motifs is 1. The normalized spacial score (nSPS) is 13.0. The van der Waals surface area contributed by atoms with Gasteiger partial charge in [0.15, 0.2) is 0 Å². The van der Waals surface area contributed by atoms with Gasteiger partial charge in [0.25, 0.3) is 0 Å². The molecule has 1 heterocycles. The summed E-state index contributed by atoms with van der Waals surface area (Å²) in [6.45, 7) is 2.08. The molecule has 3 rings (SSSR count). The lowest BCUT2D eigenvalue weighted by atomic mass is 9.69. The number of esters is 1. The van der Waals surface area contributed by atoms with E-state index >= 15 is 0 Å². The van der Waals surface area contributed by atoms with Crippen molar-refractivity contribution < 1.29 is 14.6 Å². The molecule has 0 radical (unpaired) electrons. The van der Waals surface area contributed by atoms with Gasteiger partial charge >= 0.3 is 13.0 Å². The molecule has 5 nitrogen and oxygen atoms in total. The zero-order valence-corrected chi connectivity index (χ0v) is 12.1. The number of benzene rings is 2. The second-order valence-corrected chi connectivity index (χ2v) is 4.86. The number of ether oxygens (including phenoxy) is 1. The van der Waals surface area contributed by atoms with Crippen molar-refractivity contribution in [1.82, 2.24) is 0 Å². The molecule has 2 aromatic carbocycles. The molecular weight excluding hydrogens is 279 g/mol. The first kappa shape index (κ1) is 14.3. The second kappa shape index (κ2) is 6.03. The number of carbonyl (C=O) groups is 1. The highest BCUT2D eigenvalue weighted by atomic mass is 16.5. The Kier molecular flexibility index (Phi) is 3.93. The zero-order chi connectivity index (χ0) is 15.5. The van der Waals surface area contributed by atoms with E-state index in [4.69, 9.17) is 4.74 Å². The van der Waals surface area contributed by atoms with Crippen LogP contribution in [0.1, 0.15) is 22.8 Å². The van der Waals surface area contributed by atoms with Crippen molar-refractivity contribution in [3.63, 3.8) is 0 Å². The molecule has 0 fully saturated rings. The Labute approximate surface area is 129 Å². The second-order valence-electron chi connectivity index (χ2n) is 4.86. The van der Waals surface area contributed by atoms with Gasteiger partial charge in [0.1, 0.15) is 0 Å². The number of carbonyl (C=O) groups excluding carboxylic acids is 1. The summed E-state index contributed by atoms with van der Waals surface area (Å²) in [5.74, 6) is -0.389. The summed E-state index contributed by atoms with van der Waals surface area (Å²) in [7, 11) is -0.890. The van der Waals surface area contributed by atoms with Gasteiger partial charge in [0, 0.05) is 5.69 Å². The molecule has 1 aliphatic heterocycles. The Morgan fingerprint density at radius 1 is 1.27 bits per heavy atom. The summed E-state index contributed by atoms with van der Waals surface area (Å²) in [5.41, 5.74) is 2.72. The molecule has 0 amide bonds. The van der Waals surface area contributed by atoms with E-state index in [2.05, 4.69) is 5.10 Å². The van der Waals surface area contributed by atoms with Crippen molar-refractivity contribution >= 4 is 30.4 Å². The fourth-order valence-corrected chi connectivity index (χ4v) is 2.38. The third-order valence-electron chi connectivity index (χ3n) is 3.45. The van der Waals surface area contributed by atoms with Crippen molar-refractivity contribution in [3.05, 3.63) is 59.7 Å². The first-order valence-corrected chi connectivity index (χ1v) is 7.08. The number of anilines is 1. The van der Waals surface area contributed by atoms with Crippen LogP contribution in [-0.4, -0.2) is 30.9 Å². The first-order valence-electron chi connectivity index (χ1n) is 7.08. The minimum Gasteiger partial charge on any atom is -0.462 e. The Morgan fingerprint density at radius 2 is 2.09 bits per heavy atom. The average molecular weight is 294 g/mol. The van der Waals surface area contributed by atoms with E-state index < -0.39 is 7.05 Å². The van der Waals surface area contributed by atoms with Crippen molar-refractivity contribution in [2.45, 2.75) is 6.92 Å². The van der Waals surface area contributed by atoms with Gasteiger partial charge in [-0.15, -0.1) is 0 Å². The molecular formula is C16H15BN2O3. The van der Waals surface area contributed by atoms with Crippen molar-refractivity contribution in [3.8, 4) is 0 Å². The molecule has 22 heavy (non-hydrogen) atoms. The van der Waals surface area contributed by atoms with Crippen molar-refractivity contribution in [2.24, 2.45) is 5.10 Å². The Hall–Kier alpha value is -2.60. The Bertz CT molecular complexity index is 733. The maximum atomic E-state index is 11.8. The standard InChI is InChI=1S/C16H15BN2O3/c1-2-22-16(20)12-7-5-8-14(10-12)19-17(21)15-9-4-3-6-13(15)11-18-19/h3-11,21H,2H2,1H3. The Morgan fingerprint density at radius 3 is 2.91 bits per heavy atom. The fraction of sp³-hybridized carbons (Fsp3) is 0.125. The zero-order valence-electron chi connectivity index (χ0n) is 12.1. The molecule has 0 unspecified atom stereocenters. The predicted octanol–water partition coefficient (Wildman–Crippen LogP) is 1.40. The van der Waals surface area contributed by atoms with Crippen LogP contribution in [0, 0.1) is 0 Å². The molecule has 0 saturated heterocycles. The van der Waals surface area contributed by atoms with Gasteiger partial charge in [0.2, 0.25) is 0 Å². The lowest BCUT2D eigenvalue weighted by Crippen LogP contribution is -2.50. The predicted molar refractivity (Wildman–Crippen MR) is 86.5 cm³/mol. The first-order chi connectivity index (χ1) is 10.7. The van der Waals surface area contributed by atoms with Crippen LogP contribution in [0.4, 0.5) is 5.69 Å². The van der Waals surface area contributed by atoms with Crippen LogP contribution < -0.4 is 10.4 Å². The van der Waals surface area contributed by atoms with E-state index in [1.807, 2.05) is 24.3 Å². The average Bonchev–Trinajstić information content (AvgIpc) is 2.56. The summed E-state index contributed by atoms with van der Waals surface area (Å²) < 4.78 is 4.99. The highest BCUT2D eigenvalue weighted by Crippen LogP contribution is 2.20. The highest BCUT2D eigenvalue weighted by Gasteiger charge is 2.30. The molecule has 2 aromatic rings. The molecule has 0 atom stereocenters. The molecule has 0 aromatic heterocycles. The number of hydrogen-bond donors (Lipinski definition) is 1. The number of hydrazone groups is 1. The third kappa shape index (κ3) is 2.60. The molecule has 0 bridgehead atoms. The lowest BCUT2D eigenvalue weighted by molar-refractivity contribution is 0.0526. The van der Waals surface area contributed by atoms with Crippen molar-refractivity contribution in [1.29, 1.82) is 0 Å². The molecule has 0 spiro atoms. The van der Waals surface area contributed by atoms with Crippen LogP contribution in [0.2, 0.25) is 0 Å². The smallest absolute Gasteiger partial charge is 0.462 e. The van der Waals surface area contributed by atoms with Gasteiger partial charge in [0.05, 0.1) is 18.4 Å². The summed E-state index contributed by atoms with van der Waals surface area (Å²) >= 11 is 0.